The minimum atomic E-state index is -3.67. The van der Waals surface area contributed by atoms with Gasteiger partial charge in [0.05, 0.1) is 17.7 Å². The van der Waals surface area contributed by atoms with Crippen LogP contribution in [0.3, 0.4) is 0 Å². The van der Waals surface area contributed by atoms with Gasteiger partial charge in [0.15, 0.2) is 0 Å². The van der Waals surface area contributed by atoms with Crippen LogP contribution in [0.4, 0.5) is 0 Å². The molecule has 128 valence electrons. The number of hydrogen-bond acceptors (Lipinski definition) is 4. The standard InChI is InChI=1S/C18H22N2O3S/c1-4-10-23-17-7-5-6-16(12-17)13-19-20-24(21,22)18-9-8-14(2)15(3)11-18/h5-9,11-13,20H,4,10H2,1-3H3/b19-13+. The van der Waals surface area contributed by atoms with Crippen molar-refractivity contribution in [2.75, 3.05) is 6.61 Å². The first-order valence-electron chi connectivity index (χ1n) is 7.77. The summed E-state index contributed by atoms with van der Waals surface area (Å²) in [5, 5.41) is 3.84. The Balaban J connectivity index is 2.08. The van der Waals surface area contributed by atoms with E-state index in [4.69, 9.17) is 4.74 Å². The van der Waals surface area contributed by atoms with Crippen LogP contribution in [0, 0.1) is 13.8 Å². The van der Waals surface area contributed by atoms with Crippen molar-refractivity contribution in [3.8, 4) is 5.75 Å². The van der Waals surface area contributed by atoms with Gasteiger partial charge in [-0.25, -0.2) is 4.83 Å². The number of rotatable bonds is 7. The predicted molar refractivity (Wildman–Crippen MR) is 96.1 cm³/mol. The Kier molecular flexibility index (Phi) is 5.98. The molecule has 0 spiro atoms. The molecule has 2 rings (SSSR count). The van der Waals surface area contributed by atoms with E-state index in [0.717, 1.165) is 28.9 Å². The van der Waals surface area contributed by atoms with E-state index >= 15 is 0 Å². The van der Waals surface area contributed by atoms with Crippen molar-refractivity contribution >= 4 is 16.2 Å². The number of nitrogens with one attached hydrogen (secondary N) is 1. The van der Waals surface area contributed by atoms with E-state index in [9.17, 15) is 8.42 Å². The van der Waals surface area contributed by atoms with Crippen molar-refractivity contribution in [2.45, 2.75) is 32.1 Å². The third-order valence-electron chi connectivity index (χ3n) is 3.51. The molecule has 0 unspecified atom stereocenters. The Hall–Kier alpha value is -2.34. The molecule has 0 aliphatic heterocycles. The Morgan fingerprint density at radius 1 is 1.12 bits per heavy atom. The molecule has 1 N–H and O–H groups in total. The highest BCUT2D eigenvalue weighted by atomic mass is 32.2. The molecule has 0 aromatic heterocycles. The van der Waals surface area contributed by atoms with Crippen LogP contribution in [0.2, 0.25) is 0 Å². The topological polar surface area (TPSA) is 67.8 Å². The maximum atomic E-state index is 12.2. The Morgan fingerprint density at radius 3 is 2.62 bits per heavy atom. The van der Waals surface area contributed by atoms with Gasteiger partial charge in [-0.1, -0.05) is 25.1 Å². The van der Waals surface area contributed by atoms with E-state index < -0.39 is 10.0 Å². The molecule has 2 aromatic carbocycles. The molecule has 0 heterocycles. The zero-order chi connectivity index (χ0) is 17.6. The number of sulfonamides is 1. The third kappa shape index (κ3) is 4.83. The first kappa shape index (κ1) is 18.0. The Labute approximate surface area is 143 Å². The van der Waals surface area contributed by atoms with Gasteiger partial charge in [0.25, 0.3) is 10.0 Å². The second-order valence-corrected chi connectivity index (χ2v) is 7.18. The number of nitrogens with zero attached hydrogens (tertiary/aromatic N) is 1. The van der Waals surface area contributed by atoms with Gasteiger partial charge >= 0.3 is 0 Å². The number of benzene rings is 2. The van der Waals surface area contributed by atoms with Crippen LogP contribution in [0.15, 0.2) is 52.5 Å². The van der Waals surface area contributed by atoms with E-state index in [1.54, 1.807) is 18.2 Å². The number of ether oxygens (including phenoxy) is 1. The number of aryl methyl sites for hydroxylation is 2. The summed E-state index contributed by atoms with van der Waals surface area (Å²) < 4.78 is 30.0. The summed E-state index contributed by atoms with van der Waals surface area (Å²) in [4.78, 5) is 2.43. The van der Waals surface area contributed by atoms with E-state index in [1.807, 2.05) is 45.0 Å². The highest BCUT2D eigenvalue weighted by molar-refractivity contribution is 7.89. The fraction of sp³-hybridized carbons (Fsp3) is 0.278. The van der Waals surface area contributed by atoms with Crippen LogP contribution in [0.5, 0.6) is 5.75 Å². The van der Waals surface area contributed by atoms with Crippen LogP contribution < -0.4 is 9.57 Å². The molecule has 0 saturated carbocycles. The predicted octanol–water partition coefficient (Wildman–Crippen LogP) is 3.40. The lowest BCUT2D eigenvalue weighted by Gasteiger charge is -2.06. The van der Waals surface area contributed by atoms with Crippen LogP contribution in [-0.4, -0.2) is 21.2 Å². The summed E-state index contributed by atoms with van der Waals surface area (Å²) >= 11 is 0. The number of hydrazone groups is 1. The molecule has 2 aromatic rings. The van der Waals surface area contributed by atoms with Gasteiger partial charge in [0, 0.05) is 0 Å². The van der Waals surface area contributed by atoms with Crippen molar-refractivity contribution in [3.63, 3.8) is 0 Å². The summed E-state index contributed by atoms with van der Waals surface area (Å²) in [6, 6.07) is 12.3. The second-order valence-electron chi connectivity index (χ2n) is 5.52. The van der Waals surface area contributed by atoms with Crippen molar-refractivity contribution < 1.29 is 13.2 Å². The SMILES string of the molecule is CCCOc1cccc(/C=N/NS(=O)(=O)c2ccc(C)c(C)c2)c1. The molecule has 0 aliphatic rings. The highest BCUT2D eigenvalue weighted by Gasteiger charge is 2.13. The van der Waals surface area contributed by atoms with E-state index in [-0.39, 0.29) is 4.90 Å². The van der Waals surface area contributed by atoms with Crippen molar-refractivity contribution in [3.05, 3.63) is 59.2 Å². The average Bonchev–Trinajstić information content (AvgIpc) is 2.55. The molecule has 0 radical (unpaired) electrons. The van der Waals surface area contributed by atoms with Gasteiger partial charge < -0.3 is 4.74 Å². The normalized spacial score (nSPS) is 11.6. The summed E-state index contributed by atoms with van der Waals surface area (Å²) in [5.41, 5.74) is 2.72. The van der Waals surface area contributed by atoms with Crippen LogP contribution in [-0.2, 0) is 10.0 Å². The zero-order valence-corrected chi connectivity index (χ0v) is 14.9. The van der Waals surface area contributed by atoms with Crippen molar-refractivity contribution in [1.29, 1.82) is 0 Å². The fourth-order valence-electron chi connectivity index (χ4n) is 2.01. The first-order valence-corrected chi connectivity index (χ1v) is 9.25. The molecule has 0 amide bonds. The monoisotopic (exact) mass is 346 g/mol. The zero-order valence-electron chi connectivity index (χ0n) is 14.1. The smallest absolute Gasteiger partial charge is 0.276 e. The molecule has 0 atom stereocenters. The molecular formula is C18H22N2O3S. The molecular weight excluding hydrogens is 324 g/mol. The fourth-order valence-corrected chi connectivity index (χ4v) is 2.88. The van der Waals surface area contributed by atoms with Gasteiger partial charge in [-0.2, -0.15) is 13.5 Å². The first-order chi connectivity index (χ1) is 11.4. The molecule has 0 aliphatic carbocycles. The van der Waals surface area contributed by atoms with Crippen LogP contribution in [0.25, 0.3) is 0 Å². The maximum absolute atomic E-state index is 12.2. The number of hydrogen-bond donors (Lipinski definition) is 1. The van der Waals surface area contributed by atoms with Crippen LogP contribution in [0.1, 0.15) is 30.0 Å². The quantitative estimate of drug-likeness (QED) is 0.617. The third-order valence-corrected chi connectivity index (χ3v) is 4.73. The second kappa shape index (κ2) is 7.97. The van der Waals surface area contributed by atoms with Crippen molar-refractivity contribution in [2.24, 2.45) is 5.10 Å². The minimum absolute atomic E-state index is 0.197. The van der Waals surface area contributed by atoms with Gasteiger partial charge in [0.1, 0.15) is 5.75 Å². The lowest BCUT2D eigenvalue weighted by molar-refractivity contribution is 0.317. The van der Waals surface area contributed by atoms with E-state index in [0.29, 0.717) is 6.61 Å². The maximum Gasteiger partial charge on any atom is 0.276 e. The van der Waals surface area contributed by atoms with Gasteiger partial charge in [-0.15, -0.1) is 0 Å². The molecule has 24 heavy (non-hydrogen) atoms. The summed E-state index contributed by atoms with van der Waals surface area (Å²) in [7, 11) is -3.67. The van der Waals surface area contributed by atoms with Gasteiger partial charge in [0.2, 0.25) is 0 Å². The lowest BCUT2D eigenvalue weighted by Crippen LogP contribution is -2.18. The average molecular weight is 346 g/mol. The Bertz CT molecular complexity index is 830. The highest BCUT2D eigenvalue weighted by Crippen LogP contribution is 2.15. The van der Waals surface area contributed by atoms with Crippen LogP contribution >= 0.6 is 0 Å². The lowest BCUT2D eigenvalue weighted by atomic mass is 10.1. The van der Waals surface area contributed by atoms with E-state index in [1.165, 1.54) is 6.21 Å². The Morgan fingerprint density at radius 2 is 1.92 bits per heavy atom. The molecule has 0 bridgehead atoms. The molecule has 0 fully saturated rings. The summed E-state index contributed by atoms with van der Waals surface area (Å²) in [5.74, 6) is 0.734. The summed E-state index contributed by atoms with van der Waals surface area (Å²) in [6.45, 7) is 6.48. The largest absolute Gasteiger partial charge is 0.494 e. The molecule has 0 saturated heterocycles. The molecule has 5 nitrogen and oxygen atoms in total. The minimum Gasteiger partial charge on any atom is -0.494 e. The van der Waals surface area contributed by atoms with Gasteiger partial charge in [-0.05, 0) is 61.2 Å². The van der Waals surface area contributed by atoms with Gasteiger partial charge in [-0.3, -0.25) is 0 Å². The van der Waals surface area contributed by atoms with Crippen molar-refractivity contribution in [1.82, 2.24) is 4.83 Å². The summed E-state index contributed by atoms with van der Waals surface area (Å²) in [6.07, 6.45) is 2.38. The van der Waals surface area contributed by atoms with E-state index in [2.05, 4.69) is 9.93 Å². The molecule has 6 heteroatoms.